The van der Waals surface area contributed by atoms with E-state index in [0.29, 0.717) is 5.54 Å². The number of nitrogens with zero attached hydrogens (tertiary/aromatic N) is 1. The zero-order chi connectivity index (χ0) is 10.2. The number of hydrogen-bond donors (Lipinski definition) is 1. The molecule has 0 aromatic rings. The third-order valence-electron chi connectivity index (χ3n) is 3.62. The molecule has 2 aliphatic rings. The van der Waals surface area contributed by atoms with E-state index in [9.17, 15) is 0 Å². The van der Waals surface area contributed by atoms with Crippen LogP contribution in [0.5, 0.6) is 0 Å². The van der Waals surface area contributed by atoms with Gasteiger partial charge in [0.05, 0.1) is 0 Å². The van der Waals surface area contributed by atoms with Crippen molar-refractivity contribution in [3.63, 3.8) is 0 Å². The van der Waals surface area contributed by atoms with Crippen LogP contribution in [0.25, 0.3) is 0 Å². The standard InChI is InChI=1S/C12H24N2/c1-10-8-13-12(2,3)9-14(10)7-6-11-4-5-11/h10-11,13H,4-9H2,1-3H3. The summed E-state index contributed by atoms with van der Waals surface area (Å²) in [5.41, 5.74) is 0.316. The Morgan fingerprint density at radius 1 is 1.36 bits per heavy atom. The maximum Gasteiger partial charge on any atom is 0.0252 e. The van der Waals surface area contributed by atoms with Crippen LogP contribution in [0.2, 0.25) is 0 Å². The van der Waals surface area contributed by atoms with E-state index >= 15 is 0 Å². The summed E-state index contributed by atoms with van der Waals surface area (Å²) >= 11 is 0. The Labute approximate surface area is 88.1 Å². The van der Waals surface area contributed by atoms with Crippen LogP contribution in [0.15, 0.2) is 0 Å². The molecule has 2 nitrogen and oxygen atoms in total. The molecule has 2 rings (SSSR count). The van der Waals surface area contributed by atoms with Crippen molar-refractivity contribution >= 4 is 0 Å². The van der Waals surface area contributed by atoms with Crippen molar-refractivity contribution in [3.05, 3.63) is 0 Å². The van der Waals surface area contributed by atoms with Gasteiger partial charge in [-0.25, -0.2) is 0 Å². The summed E-state index contributed by atoms with van der Waals surface area (Å²) in [6, 6.07) is 0.724. The molecule has 0 spiro atoms. The highest BCUT2D eigenvalue weighted by molar-refractivity contribution is 4.91. The molecular formula is C12H24N2. The van der Waals surface area contributed by atoms with Crippen LogP contribution >= 0.6 is 0 Å². The van der Waals surface area contributed by atoms with E-state index in [1.165, 1.54) is 32.4 Å². The fourth-order valence-corrected chi connectivity index (χ4v) is 2.33. The number of rotatable bonds is 3. The predicted octanol–water partition coefficient (Wildman–Crippen LogP) is 1.86. The van der Waals surface area contributed by atoms with Crippen LogP contribution < -0.4 is 5.32 Å². The van der Waals surface area contributed by atoms with Crippen molar-refractivity contribution in [3.8, 4) is 0 Å². The Morgan fingerprint density at radius 2 is 2.07 bits per heavy atom. The first-order chi connectivity index (χ1) is 6.57. The Balaban J connectivity index is 1.80. The molecule has 0 aromatic carbocycles. The molecule has 1 heterocycles. The van der Waals surface area contributed by atoms with Gasteiger partial charge in [-0.3, -0.25) is 4.90 Å². The Morgan fingerprint density at radius 3 is 2.71 bits per heavy atom. The van der Waals surface area contributed by atoms with Gasteiger partial charge in [0.15, 0.2) is 0 Å². The zero-order valence-electron chi connectivity index (χ0n) is 9.84. The highest BCUT2D eigenvalue weighted by Gasteiger charge is 2.31. The minimum atomic E-state index is 0.316. The molecule has 1 saturated carbocycles. The minimum Gasteiger partial charge on any atom is -0.309 e. The fourth-order valence-electron chi connectivity index (χ4n) is 2.33. The van der Waals surface area contributed by atoms with Gasteiger partial charge in [0.25, 0.3) is 0 Å². The van der Waals surface area contributed by atoms with Crippen molar-refractivity contribution in [1.29, 1.82) is 0 Å². The molecule has 1 atom stereocenters. The first-order valence-electron chi connectivity index (χ1n) is 6.06. The Hall–Kier alpha value is -0.0800. The molecule has 14 heavy (non-hydrogen) atoms. The molecule has 2 heteroatoms. The normalized spacial score (nSPS) is 33.2. The van der Waals surface area contributed by atoms with Crippen molar-refractivity contribution in [2.45, 2.75) is 51.6 Å². The smallest absolute Gasteiger partial charge is 0.0252 e. The lowest BCUT2D eigenvalue weighted by Gasteiger charge is -2.43. The Bertz CT molecular complexity index is 196. The molecule has 1 unspecified atom stereocenters. The van der Waals surface area contributed by atoms with Crippen LogP contribution in [0, 0.1) is 5.92 Å². The molecule has 1 aliphatic heterocycles. The maximum atomic E-state index is 3.60. The fraction of sp³-hybridized carbons (Fsp3) is 1.00. The van der Waals surface area contributed by atoms with Crippen LogP contribution in [-0.2, 0) is 0 Å². The van der Waals surface area contributed by atoms with Gasteiger partial charge in [0.1, 0.15) is 0 Å². The SMILES string of the molecule is CC1CNC(C)(C)CN1CCC1CC1. The molecule has 1 saturated heterocycles. The van der Waals surface area contributed by atoms with Crippen molar-refractivity contribution < 1.29 is 0 Å². The highest BCUT2D eigenvalue weighted by Crippen LogP contribution is 2.32. The second-order valence-corrected chi connectivity index (χ2v) is 5.82. The topological polar surface area (TPSA) is 15.3 Å². The van der Waals surface area contributed by atoms with E-state index < -0.39 is 0 Å². The van der Waals surface area contributed by atoms with E-state index in [1.54, 1.807) is 0 Å². The monoisotopic (exact) mass is 196 g/mol. The van der Waals surface area contributed by atoms with Gasteiger partial charge in [0.2, 0.25) is 0 Å². The lowest BCUT2D eigenvalue weighted by atomic mass is 9.99. The molecule has 0 aromatic heterocycles. The van der Waals surface area contributed by atoms with Gasteiger partial charge in [-0.05, 0) is 39.7 Å². The maximum absolute atomic E-state index is 3.60. The zero-order valence-corrected chi connectivity index (χ0v) is 9.84. The number of nitrogens with one attached hydrogen (secondary N) is 1. The van der Waals surface area contributed by atoms with Crippen LogP contribution in [-0.4, -0.2) is 36.1 Å². The van der Waals surface area contributed by atoms with E-state index in [1.807, 2.05) is 0 Å². The lowest BCUT2D eigenvalue weighted by molar-refractivity contribution is 0.102. The molecule has 82 valence electrons. The molecular weight excluding hydrogens is 172 g/mol. The molecule has 0 radical (unpaired) electrons. The highest BCUT2D eigenvalue weighted by atomic mass is 15.2. The van der Waals surface area contributed by atoms with Crippen LogP contribution in [0.3, 0.4) is 0 Å². The average molecular weight is 196 g/mol. The van der Waals surface area contributed by atoms with E-state index in [-0.39, 0.29) is 0 Å². The molecule has 1 N–H and O–H groups in total. The van der Waals surface area contributed by atoms with E-state index in [4.69, 9.17) is 0 Å². The van der Waals surface area contributed by atoms with Crippen LogP contribution in [0.4, 0.5) is 0 Å². The summed E-state index contributed by atoms with van der Waals surface area (Å²) in [7, 11) is 0. The third kappa shape index (κ3) is 2.71. The summed E-state index contributed by atoms with van der Waals surface area (Å²) in [5.74, 6) is 1.07. The predicted molar refractivity (Wildman–Crippen MR) is 60.5 cm³/mol. The summed E-state index contributed by atoms with van der Waals surface area (Å²) in [6.07, 6.45) is 4.41. The molecule has 0 amide bonds. The van der Waals surface area contributed by atoms with E-state index in [2.05, 4.69) is 31.0 Å². The average Bonchev–Trinajstić information content (AvgIpc) is 2.90. The van der Waals surface area contributed by atoms with Crippen molar-refractivity contribution in [1.82, 2.24) is 10.2 Å². The summed E-state index contributed by atoms with van der Waals surface area (Å²) in [6.45, 7) is 10.6. The number of piperazine rings is 1. The van der Waals surface area contributed by atoms with Crippen molar-refractivity contribution in [2.75, 3.05) is 19.6 Å². The van der Waals surface area contributed by atoms with Gasteiger partial charge in [-0.1, -0.05) is 12.8 Å². The van der Waals surface area contributed by atoms with Gasteiger partial charge >= 0.3 is 0 Å². The second-order valence-electron chi connectivity index (χ2n) is 5.82. The quantitative estimate of drug-likeness (QED) is 0.741. The van der Waals surface area contributed by atoms with Gasteiger partial charge < -0.3 is 5.32 Å². The van der Waals surface area contributed by atoms with Gasteiger partial charge in [-0.15, -0.1) is 0 Å². The van der Waals surface area contributed by atoms with Gasteiger partial charge in [0, 0.05) is 24.7 Å². The summed E-state index contributed by atoms with van der Waals surface area (Å²) in [5, 5.41) is 3.60. The molecule has 2 fully saturated rings. The van der Waals surface area contributed by atoms with Crippen molar-refractivity contribution in [2.24, 2.45) is 5.92 Å². The first kappa shape index (κ1) is 10.4. The van der Waals surface area contributed by atoms with Gasteiger partial charge in [-0.2, -0.15) is 0 Å². The second kappa shape index (κ2) is 3.82. The Kier molecular flexibility index (Phi) is 2.85. The third-order valence-corrected chi connectivity index (χ3v) is 3.62. The lowest BCUT2D eigenvalue weighted by Crippen LogP contribution is -2.60. The molecule has 0 bridgehead atoms. The first-order valence-corrected chi connectivity index (χ1v) is 6.06. The number of hydrogen-bond acceptors (Lipinski definition) is 2. The minimum absolute atomic E-state index is 0.316. The molecule has 1 aliphatic carbocycles. The van der Waals surface area contributed by atoms with E-state index in [0.717, 1.165) is 18.5 Å². The summed E-state index contributed by atoms with van der Waals surface area (Å²) in [4.78, 5) is 2.66. The largest absolute Gasteiger partial charge is 0.309 e. The summed E-state index contributed by atoms with van der Waals surface area (Å²) < 4.78 is 0. The van der Waals surface area contributed by atoms with Crippen LogP contribution in [0.1, 0.15) is 40.0 Å².